The summed E-state index contributed by atoms with van der Waals surface area (Å²) in [6.45, 7) is 0. The van der Waals surface area contributed by atoms with Crippen LogP contribution >= 0.6 is 22.7 Å². The number of nitrogens with one attached hydrogen (secondary N) is 2. The summed E-state index contributed by atoms with van der Waals surface area (Å²) in [5.41, 5.74) is 3.61. The molecule has 1 aromatic carbocycles. The molecule has 0 aliphatic carbocycles. The van der Waals surface area contributed by atoms with Gasteiger partial charge in [-0.2, -0.15) is 16.4 Å². The molecule has 0 radical (unpaired) electrons. The Bertz CT molecular complexity index is 955. The minimum Gasteiger partial charge on any atom is -0.326 e. The van der Waals surface area contributed by atoms with E-state index < -0.39 is 0 Å². The topological polar surface area (TPSA) is 70.7 Å². The van der Waals surface area contributed by atoms with Gasteiger partial charge in [-0.05, 0) is 29.6 Å². The van der Waals surface area contributed by atoms with Gasteiger partial charge in [0.1, 0.15) is 5.01 Å². The molecule has 0 fully saturated rings. The molecular formula is C16H12N4OS2. The highest BCUT2D eigenvalue weighted by Gasteiger charge is 2.10. The number of carbonyl (C=O) groups is 1. The van der Waals surface area contributed by atoms with Gasteiger partial charge in [-0.3, -0.25) is 9.89 Å². The number of thiophene rings is 1. The molecule has 0 spiro atoms. The first kappa shape index (κ1) is 14.1. The highest BCUT2D eigenvalue weighted by atomic mass is 32.1. The van der Waals surface area contributed by atoms with Crippen LogP contribution in [0.2, 0.25) is 0 Å². The fourth-order valence-electron chi connectivity index (χ4n) is 2.30. The van der Waals surface area contributed by atoms with Crippen molar-refractivity contribution < 1.29 is 4.79 Å². The van der Waals surface area contributed by atoms with Gasteiger partial charge in [0.25, 0.3) is 0 Å². The van der Waals surface area contributed by atoms with Gasteiger partial charge in [-0.25, -0.2) is 4.98 Å². The predicted molar refractivity (Wildman–Crippen MR) is 93.9 cm³/mol. The van der Waals surface area contributed by atoms with Gasteiger partial charge >= 0.3 is 0 Å². The van der Waals surface area contributed by atoms with E-state index in [9.17, 15) is 4.79 Å². The lowest BCUT2D eigenvalue weighted by Gasteiger charge is -2.04. The fraction of sp³-hybridized carbons (Fsp3) is 0.0625. The van der Waals surface area contributed by atoms with Crippen LogP contribution in [-0.4, -0.2) is 21.1 Å². The highest BCUT2D eigenvalue weighted by Crippen LogP contribution is 2.26. The van der Waals surface area contributed by atoms with E-state index in [1.165, 1.54) is 0 Å². The number of rotatable bonds is 4. The third-order valence-electron chi connectivity index (χ3n) is 3.39. The maximum absolute atomic E-state index is 12.2. The molecule has 2 N–H and O–H groups in total. The zero-order chi connectivity index (χ0) is 15.6. The van der Waals surface area contributed by atoms with Crippen molar-refractivity contribution in [3.05, 3.63) is 52.3 Å². The normalized spacial score (nSPS) is 11.0. The summed E-state index contributed by atoms with van der Waals surface area (Å²) in [5.74, 6) is -0.0741. The first-order chi connectivity index (χ1) is 11.3. The van der Waals surface area contributed by atoms with Crippen LogP contribution in [0.15, 0.2) is 46.6 Å². The average molecular weight is 340 g/mol. The number of benzene rings is 1. The second-order valence-corrected chi connectivity index (χ2v) is 6.69. The van der Waals surface area contributed by atoms with Gasteiger partial charge in [0.05, 0.1) is 23.8 Å². The molecule has 3 heterocycles. The molecule has 0 saturated carbocycles. The largest absolute Gasteiger partial charge is 0.326 e. The first-order valence-corrected chi connectivity index (χ1v) is 8.80. The number of aromatic amines is 1. The Morgan fingerprint density at radius 3 is 3.09 bits per heavy atom. The van der Waals surface area contributed by atoms with Crippen LogP contribution < -0.4 is 5.32 Å². The number of nitrogens with zero attached hydrogens (tertiary/aromatic N) is 2. The predicted octanol–water partition coefficient (Wildman–Crippen LogP) is 3.93. The van der Waals surface area contributed by atoms with Crippen LogP contribution in [0.4, 0.5) is 5.69 Å². The number of aromatic nitrogens is 3. The monoisotopic (exact) mass is 340 g/mol. The Labute approximate surface area is 140 Å². The minimum atomic E-state index is -0.0741. The molecule has 4 aromatic rings. The van der Waals surface area contributed by atoms with Crippen LogP contribution in [0.3, 0.4) is 0 Å². The van der Waals surface area contributed by atoms with E-state index >= 15 is 0 Å². The molecule has 1 amide bonds. The Kier molecular flexibility index (Phi) is 3.64. The zero-order valence-corrected chi connectivity index (χ0v) is 13.6. The van der Waals surface area contributed by atoms with Gasteiger partial charge in [0, 0.05) is 27.4 Å². The van der Waals surface area contributed by atoms with Crippen molar-refractivity contribution in [2.45, 2.75) is 6.42 Å². The summed E-state index contributed by atoms with van der Waals surface area (Å²) in [6.07, 6.45) is 2.00. The molecule has 0 unspecified atom stereocenters. The van der Waals surface area contributed by atoms with Crippen LogP contribution in [-0.2, 0) is 11.2 Å². The number of hydrogen-bond donors (Lipinski definition) is 2. The summed E-state index contributed by atoms with van der Waals surface area (Å²) in [6, 6.07) is 7.69. The van der Waals surface area contributed by atoms with Gasteiger partial charge in [0.15, 0.2) is 0 Å². The lowest BCUT2D eigenvalue weighted by molar-refractivity contribution is -0.115. The number of anilines is 1. The van der Waals surface area contributed by atoms with E-state index in [0.717, 1.165) is 32.9 Å². The maximum Gasteiger partial charge on any atom is 0.230 e. The maximum atomic E-state index is 12.2. The number of hydrogen-bond acceptors (Lipinski definition) is 5. The van der Waals surface area contributed by atoms with Crippen molar-refractivity contribution in [2.24, 2.45) is 0 Å². The second kappa shape index (κ2) is 5.94. The molecule has 114 valence electrons. The summed E-state index contributed by atoms with van der Waals surface area (Å²) in [7, 11) is 0. The smallest absolute Gasteiger partial charge is 0.230 e. The number of amides is 1. The third-order valence-corrected chi connectivity index (χ3v) is 5.01. The van der Waals surface area contributed by atoms with E-state index in [1.807, 2.05) is 35.0 Å². The lowest BCUT2D eigenvalue weighted by atomic mass is 10.2. The van der Waals surface area contributed by atoms with Crippen LogP contribution in [0.5, 0.6) is 0 Å². The standard InChI is InChI=1S/C16H12N4OS2/c21-15(18-12-1-2-14-11(5-12)7-17-20-14)6-13-9-23-16(19-13)10-3-4-22-8-10/h1-5,7-9H,6H2,(H,17,20)(H,18,21). The van der Waals surface area contributed by atoms with E-state index in [-0.39, 0.29) is 12.3 Å². The summed E-state index contributed by atoms with van der Waals surface area (Å²) in [4.78, 5) is 16.7. The van der Waals surface area contributed by atoms with Crippen LogP contribution in [0.1, 0.15) is 5.69 Å². The molecule has 0 bridgehead atoms. The first-order valence-electron chi connectivity index (χ1n) is 6.98. The molecule has 0 aliphatic rings. The van der Waals surface area contributed by atoms with E-state index in [1.54, 1.807) is 28.9 Å². The molecule has 7 heteroatoms. The highest BCUT2D eigenvalue weighted by molar-refractivity contribution is 7.14. The summed E-state index contributed by atoms with van der Waals surface area (Å²) in [5, 5.41) is 17.7. The summed E-state index contributed by atoms with van der Waals surface area (Å²) >= 11 is 3.20. The average Bonchev–Trinajstić information content (AvgIpc) is 3.27. The number of carbonyl (C=O) groups excluding carboxylic acids is 1. The van der Waals surface area contributed by atoms with Crippen molar-refractivity contribution in [3.8, 4) is 10.6 Å². The Hall–Kier alpha value is -2.51. The fourth-order valence-corrected chi connectivity index (χ4v) is 3.83. The number of thiazole rings is 1. The molecule has 0 atom stereocenters. The van der Waals surface area contributed by atoms with Crippen molar-refractivity contribution in [1.82, 2.24) is 15.2 Å². The Morgan fingerprint density at radius 1 is 1.26 bits per heavy atom. The molecule has 4 rings (SSSR count). The summed E-state index contributed by atoms with van der Waals surface area (Å²) < 4.78 is 0. The molecule has 3 aromatic heterocycles. The van der Waals surface area contributed by atoms with Crippen LogP contribution in [0.25, 0.3) is 21.5 Å². The van der Waals surface area contributed by atoms with Crippen molar-refractivity contribution in [1.29, 1.82) is 0 Å². The number of H-pyrrole nitrogens is 1. The Balaban J connectivity index is 1.45. The van der Waals surface area contributed by atoms with Crippen molar-refractivity contribution >= 4 is 45.2 Å². The molecule has 23 heavy (non-hydrogen) atoms. The molecule has 5 nitrogen and oxygen atoms in total. The van der Waals surface area contributed by atoms with E-state index in [4.69, 9.17) is 0 Å². The van der Waals surface area contributed by atoms with Gasteiger partial charge < -0.3 is 5.32 Å². The minimum absolute atomic E-state index is 0.0741. The molecule has 0 saturated heterocycles. The SMILES string of the molecule is O=C(Cc1csc(-c2ccsc2)n1)Nc1ccc2[nH]ncc2c1. The molecule has 0 aliphatic heterocycles. The second-order valence-electron chi connectivity index (χ2n) is 5.05. The van der Waals surface area contributed by atoms with Crippen LogP contribution in [0, 0.1) is 0 Å². The zero-order valence-electron chi connectivity index (χ0n) is 11.9. The third kappa shape index (κ3) is 3.01. The van der Waals surface area contributed by atoms with E-state index in [2.05, 4.69) is 25.9 Å². The van der Waals surface area contributed by atoms with Gasteiger partial charge in [0.2, 0.25) is 5.91 Å². The molecular weight excluding hydrogens is 328 g/mol. The lowest BCUT2D eigenvalue weighted by Crippen LogP contribution is -2.14. The van der Waals surface area contributed by atoms with Gasteiger partial charge in [-0.15, -0.1) is 11.3 Å². The quantitative estimate of drug-likeness (QED) is 0.591. The van der Waals surface area contributed by atoms with Crippen molar-refractivity contribution in [2.75, 3.05) is 5.32 Å². The van der Waals surface area contributed by atoms with E-state index in [0.29, 0.717) is 0 Å². The Morgan fingerprint density at radius 2 is 2.22 bits per heavy atom. The number of fused-ring (bicyclic) bond motifs is 1. The van der Waals surface area contributed by atoms with Gasteiger partial charge in [-0.1, -0.05) is 0 Å². The van der Waals surface area contributed by atoms with Crippen molar-refractivity contribution in [3.63, 3.8) is 0 Å².